The predicted molar refractivity (Wildman–Crippen MR) is 82.0 cm³/mol. The van der Waals surface area contributed by atoms with Gasteiger partial charge in [0.25, 0.3) is 5.91 Å². The number of phenolic OH excluding ortho intramolecular Hbond substituents is 1. The second-order valence-corrected chi connectivity index (χ2v) is 5.47. The normalized spacial score (nSPS) is 10.9. The summed E-state index contributed by atoms with van der Waals surface area (Å²) in [6.07, 6.45) is 2.04. The number of aromatic hydroxyl groups is 1. The Morgan fingerprint density at radius 1 is 1.20 bits per heavy atom. The molecule has 0 saturated heterocycles. The van der Waals surface area contributed by atoms with E-state index in [9.17, 15) is 9.90 Å². The summed E-state index contributed by atoms with van der Waals surface area (Å²) in [4.78, 5) is 12.1. The Balaban J connectivity index is 2.08. The molecule has 20 heavy (non-hydrogen) atoms. The van der Waals surface area contributed by atoms with Crippen molar-refractivity contribution in [3.8, 4) is 5.75 Å². The molecule has 2 aromatic rings. The van der Waals surface area contributed by atoms with E-state index < -0.39 is 0 Å². The van der Waals surface area contributed by atoms with Crippen LogP contribution in [-0.4, -0.2) is 17.6 Å². The molecule has 2 N–H and O–H groups in total. The zero-order chi connectivity index (χ0) is 14.5. The zero-order valence-corrected chi connectivity index (χ0v) is 12.0. The lowest BCUT2D eigenvalue weighted by molar-refractivity contribution is 0.0950. The highest BCUT2D eigenvalue weighted by Gasteiger charge is 2.12. The van der Waals surface area contributed by atoms with Crippen molar-refractivity contribution in [2.45, 2.75) is 26.7 Å². The third-order valence-electron chi connectivity index (χ3n) is 3.39. The van der Waals surface area contributed by atoms with Crippen molar-refractivity contribution in [2.75, 3.05) is 6.54 Å². The average molecular weight is 271 g/mol. The molecular weight excluding hydrogens is 250 g/mol. The van der Waals surface area contributed by atoms with Crippen molar-refractivity contribution in [1.29, 1.82) is 0 Å². The predicted octanol–water partition coefficient (Wildman–Crippen LogP) is 3.71. The lowest BCUT2D eigenvalue weighted by Crippen LogP contribution is -2.24. The molecule has 0 saturated carbocycles. The van der Waals surface area contributed by atoms with Crippen molar-refractivity contribution in [1.82, 2.24) is 5.32 Å². The van der Waals surface area contributed by atoms with Crippen LogP contribution in [0.4, 0.5) is 0 Å². The van der Waals surface area contributed by atoms with Crippen molar-refractivity contribution in [2.24, 2.45) is 5.92 Å². The number of carbonyl (C=O) groups excluding carboxylic acids is 1. The van der Waals surface area contributed by atoms with Gasteiger partial charge in [0.2, 0.25) is 0 Å². The maximum atomic E-state index is 12.1. The average Bonchev–Trinajstić information content (AvgIpc) is 2.44. The van der Waals surface area contributed by atoms with Crippen LogP contribution in [0, 0.1) is 5.92 Å². The molecule has 3 nitrogen and oxygen atoms in total. The van der Waals surface area contributed by atoms with Crippen LogP contribution in [0.15, 0.2) is 36.4 Å². The number of rotatable bonds is 5. The van der Waals surface area contributed by atoms with Gasteiger partial charge in [0.15, 0.2) is 0 Å². The fourth-order valence-electron chi connectivity index (χ4n) is 2.25. The van der Waals surface area contributed by atoms with Crippen molar-refractivity contribution < 1.29 is 9.90 Å². The van der Waals surface area contributed by atoms with Crippen molar-refractivity contribution in [3.63, 3.8) is 0 Å². The molecule has 2 aromatic carbocycles. The van der Waals surface area contributed by atoms with E-state index in [2.05, 4.69) is 19.2 Å². The van der Waals surface area contributed by atoms with Crippen LogP contribution >= 0.6 is 0 Å². The first-order chi connectivity index (χ1) is 9.59. The summed E-state index contributed by atoms with van der Waals surface area (Å²) in [6.45, 7) is 4.97. The van der Waals surface area contributed by atoms with Gasteiger partial charge in [-0.1, -0.05) is 44.2 Å². The Morgan fingerprint density at radius 3 is 2.70 bits per heavy atom. The van der Waals surface area contributed by atoms with Crippen LogP contribution in [0.2, 0.25) is 0 Å². The molecule has 106 valence electrons. The van der Waals surface area contributed by atoms with Crippen LogP contribution in [0.25, 0.3) is 10.8 Å². The number of fused-ring (bicyclic) bond motifs is 1. The van der Waals surface area contributed by atoms with E-state index in [1.165, 1.54) is 0 Å². The Kier molecular flexibility index (Phi) is 4.61. The molecule has 0 fully saturated rings. The molecule has 2 rings (SSSR count). The smallest absolute Gasteiger partial charge is 0.255 e. The Hall–Kier alpha value is -2.03. The minimum Gasteiger partial charge on any atom is -0.506 e. The van der Waals surface area contributed by atoms with E-state index in [4.69, 9.17) is 0 Å². The lowest BCUT2D eigenvalue weighted by Gasteiger charge is -2.09. The SMILES string of the molecule is CC(C)CCCNC(=O)c1ccc2ccccc2c1O. The third kappa shape index (κ3) is 3.29. The van der Waals surface area contributed by atoms with E-state index >= 15 is 0 Å². The molecular formula is C17H21NO2. The van der Waals surface area contributed by atoms with E-state index in [1.807, 2.05) is 30.3 Å². The van der Waals surface area contributed by atoms with Gasteiger partial charge >= 0.3 is 0 Å². The number of benzene rings is 2. The van der Waals surface area contributed by atoms with Gasteiger partial charge in [-0.2, -0.15) is 0 Å². The molecule has 0 aliphatic heterocycles. The van der Waals surface area contributed by atoms with E-state index in [0.717, 1.165) is 18.2 Å². The molecule has 0 spiro atoms. The summed E-state index contributed by atoms with van der Waals surface area (Å²) in [5.41, 5.74) is 0.341. The second-order valence-electron chi connectivity index (χ2n) is 5.47. The van der Waals surface area contributed by atoms with Gasteiger partial charge in [-0.25, -0.2) is 0 Å². The van der Waals surface area contributed by atoms with Gasteiger partial charge in [-0.15, -0.1) is 0 Å². The summed E-state index contributed by atoms with van der Waals surface area (Å²) in [6, 6.07) is 11.0. The van der Waals surface area contributed by atoms with Crippen LogP contribution in [0.5, 0.6) is 5.75 Å². The molecule has 3 heteroatoms. The Morgan fingerprint density at radius 2 is 1.95 bits per heavy atom. The Bertz CT molecular complexity index is 605. The molecule has 1 amide bonds. The van der Waals surface area contributed by atoms with E-state index in [-0.39, 0.29) is 11.7 Å². The van der Waals surface area contributed by atoms with Crippen LogP contribution in [0.3, 0.4) is 0 Å². The number of phenols is 1. The maximum Gasteiger partial charge on any atom is 0.255 e. The largest absolute Gasteiger partial charge is 0.506 e. The maximum absolute atomic E-state index is 12.1. The summed E-state index contributed by atoms with van der Waals surface area (Å²) in [7, 11) is 0. The number of amides is 1. The van der Waals surface area contributed by atoms with Crippen molar-refractivity contribution >= 4 is 16.7 Å². The molecule has 0 aliphatic carbocycles. The Labute approximate surface area is 119 Å². The van der Waals surface area contributed by atoms with E-state index in [1.54, 1.807) is 6.07 Å². The molecule has 0 aliphatic rings. The lowest BCUT2D eigenvalue weighted by atomic mass is 10.0. The molecule has 0 heterocycles. The van der Waals surface area contributed by atoms with Crippen molar-refractivity contribution in [3.05, 3.63) is 42.0 Å². The van der Waals surface area contributed by atoms with E-state index in [0.29, 0.717) is 23.4 Å². The summed E-state index contributed by atoms with van der Waals surface area (Å²) in [5.74, 6) is 0.488. The highest BCUT2D eigenvalue weighted by atomic mass is 16.3. The second kappa shape index (κ2) is 6.42. The molecule has 0 unspecified atom stereocenters. The number of nitrogens with one attached hydrogen (secondary N) is 1. The minimum atomic E-state index is -0.211. The molecule has 0 atom stereocenters. The summed E-state index contributed by atoms with van der Waals surface area (Å²) < 4.78 is 0. The molecule has 0 bridgehead atoms. The van der Waals surface area contributed by atoms with Gasteiger partial charge in [-0.3, -0.25) is 4.79 Å². The van der Waals surface area contributed by atoms with Gasteiger partial charge in [0.1, 0.15) is 5.75 Å². The first-order valence-electron chi connectivity index (χ1n) is 7.08. The minimum absolute atomic E-state index is 0.0597. The monoisotopic (exact) mass is 271 g/mol. The fourth-order valence-corrected chi connectivity index (χ4v) is 2.25. The van der Waals surface area contributed by atoms with Gasteiger partial charge in [0, 0.05) is 11.9 Å². The fraction of sp³-hybridized carbons (Fsp3) is 0.353. The zero-order valence-electron chi connectivity index (χ0n) is 12.0. The highest BCUT2D eigenvalue weighted by Crippen LogP contribution is 2.28. The highest BCUT2D eigenvalue weighted by molar-refractivity contribution is 6.03. The molecule has 0 aromatic heterocycles. The van der Waals surface area contributed by atoms with Gasteiger partial charge in [0.05, 0.1) is 5.56 Å². The first-order valence-corrected chi connectivity index (χ1v) is 7.08. The van der Waals surface area contributed by atoms with Crippen LogP contribution < -0.4 is 5.32 Å². The van der Waals surface area contributed by atoms with Gasteiger partial charge in [-0.05, 0) is 30.2 Å². The summed E-state index contributed by atoms with van der Waals surface area (Å²) in [5, 5.41) is 14.7. The molecule has 0 radical (unpaired) electrons. The van der Waals surface area contributed by atoms with Crippen LogP contribution in [0.1, 0.15) is 37.0 Å². The summed E-state index contributed by atoms with van der Waals surface area (Å²) >= 11 is 0. The quantitative estimate of drug-likeness (QED) is 0.814. The third-order valence-corrected chi connectivity index (χ3v) is 3.39. The standard InChI is InChI=1S/C17H21NO2/c1-12(2)6-5-11-18-17(20)15-10-9-13-7-3-4-8-14(13)16(15)19/h3-4,7-10,12,19H,5-6,11H2,1-2H3,(H,18,20). The van der Waals surface area contributed by atoms with Crippen LogP contribution in [-0.2, 0) is 0 Å². The first kappa shape index (κ1) is 14.4. The number of hydrogen-bond donors (Lipinski definition) is 2. The topological polar surface area (TPSA) is 49.3 Å². The van der Waals surface area contributed by atoms with Gasteiger partial charge < -0.3 is 10.4 Å². The number of carbonyl (C=O) groups is 1. The number of hydrogen-bond acceptors (Lipinski definition) is 2.